The minimum absolute atomic E-state index is 0.115. The van der Waals surface area contributed by atoms with Crippen molar-refractivity contribution in [3.8, 4) is 5.75 Å². The average molecular weight is 338 g/mol. The van der Waals surface area contributed by atoms with Gasteiger partial charge in [0.2, 0.25) is 0 Å². The number of nitrogens with one attached hydrogen (secondary N) is 1. The van der Waals surface area contributed by atoms with Crippen LogP contribution in [0.15, 0.2) is 34.6 Å². The summed E-state index contributed by atoms with van der Waals surface area (Å²) >= 11 is 0. The van der Waals surface area contributed by atoms with Gasteiger partial charge in [-0.1, -0.05) is 0 Å². The summed E-state index contributed by atoms with van der Waals surface area (Å²) in [6.07, 6.45) is 0.530. The molecule has 3 N–H and O–H groups in total. The molecule has 0 bridgehead atoms. The molecule has 7 nitrogen and oxygen atoms in total. The van der Waals surface area contributed by atoms with Gasteiger partial charge in [-0.05, 0) is 35.9 Å². The number of cyclic esters (lactones) is 1. The van der Waals surface area contributed by atoms with Crippen molar-refractivity contribution < 1.29 is 19.7 Å². The van der Waals surface area contributed by atoms with Gasteiger partial charge < -0.3 is 24.8 Å². The van der Waals surface area contributed by atoms with Crippen LogP contribution < -0.4 is 10.9 Å². The van der Waals surface area contributed by atoms with Crippen molar-refractivity contribution in [2.45, 2.75) is 25.3 Å². The van der Waals surface area contributed by atoms with E-state index in [4.69, 9.17) is 4.74 Å². The summed E-state index contributed by atoms with van der Waals surface area (Å²) in [6, 6.07) is 6.55. The van der Waals surface area contributed by atoms with E-state index in [-0.39, 0.29) is 24.0 Å². The average Bonchev–Trinajstić information content (AvgIpc) is 2.95. The molecule has 2 atom stereocenters. The fourth-order valence-corrected chi connectivity index (χ4v) is 3.78. The molecular weight excluding hydrogens is 324 g/mol. The van der Waals surface area contributed by atoms with Gasteiger partial charge >= 0.3 is 5.97 Å². The number of hydrogen-bond donors (Lipinski definition) is 3. The predicted octanol–water partition coefficient (Wildman–Crippen LogP) is 1.21. The number of anilines is 1. The molecule has 0 aliphatic carbocycles. The molecule has 2 aromatic rings. The van der Waals surface area contributed by atoms with Gasteiger partial charge in [-0.3, -0.25) is 4.79 Å². The number of hydrogen-bond acceptors (Lipinski definition) is 6. The first-order valence-electron chi connectivity index (χ1n) is 7.94. The Hall–Kier alpha value is -3.06. The summed E-state index contributed by atoms with van der Waals surface area (Å²) < 4.78 is 6.52. The number of aliphatic hydroxyl groups is 1. The zero-order chi connectivity index (χ0) is 17.3. The lowest BCUT2D eigenvalue weighted by atomic mass is 9.95. The highest BCUT2D eigenvalue weighted by atomic mass is 16.5. The zero-order valence-corrected chi connectivity index (χ0v) is 13.0. The number of esters is 1. The van der Waals surface area contributed by atoms with Crippen LogP contribution in [0.3, 0.4) is 0 Å². The molecule has 3 aliphatic rings. The summed E-state index contributed by atoms with van der Waals surface area (Å²) in [5.41, 5.74) is 3.81. The van der Waals surface area contributed by atoms with Crippen LogP contribution in [0.1, 0.15) is 34.5 Å². The Morgan fingerprint density at radius 1 is 1.24 bits per heavy atom. The molecular formula is C18H14N2O5. The normalized spacial score (nSPS) is 22.8. The van der Waals surface area contributed by atoms with E-state index in [2.05, 4.69) is 5.32 Å². The second-order valence-electron chi connectivity index (χ2n) is 6.47. The molecule has 4 heterocycles. The Bertz CT molecular complexity index is 1040. The number of rotatable bonds is 0. The smallest absolute Gasteiger partial charge is 0.340 e. The topological polar surface area (TPSA) is 101 Å². The fourth-order valence-electron chi connectivity index (χ4n) is 3.78. The van der Waals surface area contributed by atoms with Crippen LogP contribution in [0.4, 0.5) is 5.69 Å². The number of aromatic nitrogens is 1. The van der Waals surface area contributed by atoms with E-state index < -0.39 is 12.1 Å². The molecule has 3 aliphatic heterocycles. The number of fused-ring (bicyclic) bond motifs is 5. The lowest BCUT2D eigenvalue weighted by Gasteiger charge is -2.25. The van der Waals surface area contributed by atoms with Gasteiger partial charge in [0.25, 0.3) is 5.56 Å². The van der Waals surface area contributed by atoms with Crippen molar-refractivity contribution in [1.82, 2.24) is 4.57 Å². The summed E-state index contributed by atoms with van der Waals surface area (Å²) in [6.45, 7) is 0.299. The quantitative estimate of drug-likeness (QED) is 0.493. The van der Waals surface area contributed by atoms with Gasteiger partial charge in [0.15, 0.2) is 6.10 Å². The molecule has 5 rings (SSSR count). The van der Waals surface area contributed by atoms with Crippen LogP contribution in [0.5, 0.6) is 5.75 Å². The minimum Gasteiger partial charge on any atom is -0.508 e. The Kier molecular flexibility index (Phi) is 2.71. The van der Waals surface area contributed by atoms with Gasteiger partial charge in [-0.25, -0.2) is 4.79 Å². The number of aromatic hydroxyl groups is 1. The summed E-state index contributed by atoms with van der Waals surface area (Å²) in [4.78, 5) is 24.4. The van der Waals surface area contributed by atoms with Gasteiger partial charge in [-0.2, -0.15) is 0 Å². The van der Waals surface area contributed by atoms with Crippen LogP contribution in [-0.2, 0) is 22.7 Å². The maximum absolute atomic E-state index is 12.8. The maximum atomic E-state index is 12.8. The molecule has 0 fully saturated rings. The van der Waals surface area contributed by atoms with E-state index in [9.17, 15) is 19.8 Å². The van der Waals surface area contributed by atoms with Crippen molar-refractivity contribution in [3.05, 3.63) is 62.6 Å². The van der Waals surface area contributed by atoms with Gasteiger partial charge in [0.1, 0.15) is 12.4 Å². The highest BCUT2D eigenvalue weighted by Gasteiger charge is 2.37. The van der Waals surface area contributed by atoms with E-state index in [1.807, 2.05) is 6.08 Å². The van der Waals surface area contributed by atoms with Crippen molar-refractivity contribution in [3.63, 3.8) is 0 Å². The number of carbonyl (C=O) groups is 1. The number of nitrogens with zero attached hydrogens (tertiary/aromatic N) is 1. The van der Waals surface area contributed by atoms with Crippen molar-refractivity contribution in [1.29, 1.82) is 0 Å². The number of aliphatic hydroxyl groups excluding tert-OH is 1. The van der Waals surface area contributed by atoms with Crippen molar-refractivity contribution in [2.75, 3.05) is 5.32 Å². The monoisotopic (exact) mass is 338 g/mol. The Labute approximate surface area is 141 Å². The largest absolute Gasteiger partial charge is 0.508 e. The first-order valence-corrected chi connectivity index (χ1v) is 7.94. The number of phenolic OH excluding ortho intramolecular Hbond substituents is 1. The van der Waals surface area contributed by atoms with E-state index >= 15 is 0 Å². The lowest BCUT2D eigenvalue weighted by Crippen LogP contribution is -2.33. The van der Waals surface area contributed by atoms with Crippen LogP contribution in [0.2, 0.25) is 0 Å². The number of ether oxygens (including phenoxy) is 1. The van der Waals surface area contributed by atoms with Crippen LogP contribution in [0.25, 0.3) is 6.08 Å². The Balaban J connectivity index is 1.67. The number of phenols is 1. The van der Waals surface area contributed by atoms with Crippen molar-refractivity contribution in [2.24, 2.45) is 0 Å². The molecule has 25 heavy (non-hydrogen) atoms. The molecule has 0 saturated heterocycles. The van der Waals surface area contributed by atoms with Gasteiger partial charge in [0.05, 0.1) is 11.6 Å². The third-order valence-electron chi connectivity index (χ3n) is 5.03. The summed E-state index contributed by atoms with van der Waals surface area (Å²) in [5.74, 6) is -0.555. The van der Waals surface area contributed by atoms with E-state index in [1.54, 1.807) is 28.8 Å². The number of carbonyl (C=O) groups excluding carboxylic acids is 1. The van der Waals surface area contributed by atoms with E-state index in [0.717, 1.165) is 16.8 Å². The van der Waals surface area contributed by atoms with E-state index in [0.29, 0.717) is 23.4 Å². The third kappa shape index (κ3) is 1.90. The first-order chi connectivity index (χ1) is 12.0. The third-order valence-corrected chi connectivity index (χ3v) is 5.03. The van der Waals surface area contributed by atoms with Crippen LogP contribution in [0, 0.1) is 0 Å². The molecule has 1 aromatic carbocycles. The highest BCUT2D eigenvalue weighted by Crippen LogP contribution is 2.41. The minimum atomic E-state index is -1.43. The standard InChI is InChI=1S/C18H14N2O5/c21-10-1-2-13-8(4-10)3-9-6-20-14(15(9)19-13)5-11-12(17(20)23)7-25-18(24)16(11)22/h1-5,15-16,19,21-22H,6-7H2/t15?,16-/m0/s1. The maximum Gasteiger partial charge on any atom is 0.340 e. The second-order valence-corrected chi connectivity index (χ2v) is 6.47. The summed E-state index contributed by atoms with van der Waals surface area (Å²) in [7, 11) is 0. The Morgan fingerprint density at radius 3 is 2.92 bits per heavy atom. The number of benzene rings is 1. The van der Waals surface area contributed by atoms with Crippen LogP contribution in [-0.4, -0.2) is 20.7 Å². The second kappa shape index (κ2) is 4.73. The molecule has 126 valence electrons. The fraction of sp³-hybridized carbons (Fsp3) is 0.222. The number of pyridine rings is 1. The van der Waals surface area contributed by atoms with Gasteiger partial charge in [0, 0.05) is 29.1 Å². The molecule has 0 radical (unpaired) electrons. The molecule has 1 aromatic heterocycles. The molecule has 0 amide bonds. The zero-order valence-electron chi connectivity index (χ0n) is 13.0. The SMILES string of the molecule is O=C1OCc2c(cc3n(c2=O)CC2=Cc4cc(O)ccc4NC23)[C@@H]1O. The highest BCUT2D eigenvalue weighted by molar-refractivity contribution is 5.79. The Morgan fingerprint density at radius 2 is 2.08 bits per heavy atom. The van der Waals surface area contributed by atoms with Crippen molar-refractivity contribution >= 4 is 17.7 Å². The first kappa shape index (κ1) is 14.3. The molecule has 1 unspecified atom stereocenters. The predicted molar refractivity (Wildman–Crippen MR) is 87.9 cm³/mol. The van der Waals surface area contributed by atoms with E-state index in [1.165, 1.54) is 0 Å². The lowest BCUT2D eigenvalue weighted by molar-refractivity contribution is -0.157. The molecule has 0 spiro atoms. The van der Waals surface area contributed by atoms with Crippen LogP contribution >= 0.6 is 0 Å². The molecule has 7 heteroatoms. The summed E-state index contributed by atoms with van der Waals surface area (Å²) in [5, 5.41) is 23.1. The molecule has 0 saturated carbocycles. The van der Waals surface area contributed by atoms with Gasteiger partial charge in [-0.15, -0.1) is 0 Å².